The van der Waals surface area contributed by atoms with Crippen LogP contribution in [0.2, 0.25) is 5.02 Å². The van der Waals surface area contributed by atoms with Crippen LogP contribution in [0.4, 0.5) is 16.2 Å². The fraction of sp³-hybridized carbons (Fsp3) is 0.450. The molecule has 1 aromatic heterocycles. The lowest BCUT2D eigenvalue weighted by atomic mass is 9.91. The number of anilines is 2. The summed E-state index contributed by atoms with van der Waals surface area (Å²) in [6, 6.07) is 6.31. The number of nitrogens with zero attached hydrogens (tertiary/aromatic N) is 3. The Morgan fingerprint density at radius 2 is 1.79 bits per heavy atom. The maximum Gasteiger partial charge on any atom is 0.251 e. The van der Waals surface area contributed by atoms with Gasteiger partial charge in [0.05, 0.1) is 5.02 Å². The second-order valence-corrected chi connectivity index (χ2v) is 7.79. The van der Waals surface area contributed by atoms with Crippen molar-refractivity contribution < 1.29 is 9.18 Å². The van der Waals surface area contributed by atoms with Crippen molar-refractivity contribution in [2.24, 2.45) is 0 Å². The molecule has 0 saturated heterocycles. The molecule has 0 spiro atoms. The molecule has 0 atom stereocenters. The highest BCUT2D eigenvalue weighted by molar-refractivity contribution is 6.31. The Labute approximate surface area is 181 Å². The van der Waals surface area contributed by atoms with Crippen molar-refractivity contribution in [3.05, 3.63) is 46.4 Å². The van der Waals surface area contributed by atoms with Gasteiger partial charge in [-0.3, -0.25) is 4.79 Å². The highest BCUT2D eigenvalue weighted by atomic mass is 35.5. The largest absolute Gasteiger partial charge is 0.363 e. The smallest absolute Gasteiger partial charge is 0.251 e. The lowest BCUT2D eigenvalue weighted by molar-refractivity contribution is 0.0926. The minimum atomic E-state index is -0.527. The first-order valence-corrected chi connectivity index (χ1v) is 9.75. The Kier molecular flexibility index (Phi) is 8.05. The number of amides is 1. The summed E-state index contributed by atoms with van der Waals surface area (Å²) in [7, 11) is 3.90. The van der Waals surface area contributed by atoms with E-state index in [0.29, 0.717) is 11.5 Å². The number of carbonyl (C=O) groups is 1. The maximum atomic E-state index is 13.3. The van der Waals surface area contributed by atoms with Crippen molar-refractivity contribution >= 4 is 41.7 Å². The second kappa shape index (κ2) is 10.1. The number of hydrogen-bond acceptors (Lipinski definition) is 5. The first kappa shape index (κ1) is 23.2. The van der Waals surface area contributed by atoms with Gasteiger partial charge < -0.3 is 15.5 Å². The summed E-state index contributed by atoms with van der Waals surface area (Å²) in [6.07, 6.45) is 3.52. The van der Waals surface area contributed by atoms with Gasteiger partial charge in [0, 0.05) is 43.5 Å². The highest BCUT2D eigenvalue weighted by Gasteiger charge is 2.23. The zero-order valence-corrected chi connectivity index (χ0v) is 18.3. The van der Waals surface area contributed by atoms with Gasteiger partial charge in [-0.25, -0.2) is 9.37 Å². The number of nitrogens with one attached hydrogen (secondary N) is 2. The Morgan fingerprint density at radius 1 is 1.14 bits per heavy atom. The molecule has 1 saturated carbocycles. The Bertz CT molecular complexity index is 857. The van der Waals surface area contributed by atoms with Crippen molar-refractivity contribution in [3.63, 3.8) is 0 Å². The molecule has 1 aliphatic rings. The standard InChI is InChI=1S/C20H25ClFN5O.ClH/c1-12-10-18(27(2)3)26-20(23-12)25-15-7-5-14(6-8-15)24-19(28)13-4-9-17(22)16(21)11-13;/h4,9-11,14-15H,5-8H2,1-3H3,(H,24,28)(H,23,25,26);1H. The topological polar surface area (TPSA) is 70.2 Å². The van der Waals surface area contributed by atoms with Crippen molar-refractivity contribution in [1.29, 1.82) is 0 Å². The van der Waals surface area contributed by atoms with Crippen LogP contribution in [0, 0.1) is 12.7 Å². The molecule has 1 amide bonds. The van der Waals surface area contributed by atoms with E-state index in [1.54, 1.807) is 0 Å². The van der Waals surface area contributed by atoms with E-state index in [0.717, 1.165) is 37.2 Å². The van der Waals surface area contributed by atoms with E-state index >= 15 is 0 Å². The molecule has 1 fully saturated rings. The third-order valence-electron chi connectivity index (χ3n) is 4.88. The minimum absolute atomic E-state index is 0. The molecule has 2 aromatic rings. The van der Waals surface area contributed by atoms with Gasteiger partial charge in [-0.05, 0) is 50.8 Å². The number of aromatic nitrogens is 2. The number of rotatable bonds is 5. The van der Waals surface area contributed by atoms with E-state index in [-0.39, 0.29) is 35.4 Å². The summed E-state index contributed by atoms with van der Waals surface area (Å²) in [4.78, 5) is 23.3. The van der Waals surface area contributed by atoms with Gasteiger partial charge in [-0.1, -0.05) is 11.6 Å². The number of halogens is 3. The molecule has 3 rings (SSSR count). The maximum absolute atomic E-state index is 13.3. The average molecular weight is 442 g/mol. The SMILES string of the molecule is Cc1cc(N(C)C)nc(NC2CCC(NC(=O)c3ccc(F)c(Cl)c3)CC2)n1.Cl. The Balaban J connectivity index is 0.00000300. The first-order valence-electron chi connectivity index (χ1n) is 9.37. The first-order chi connectivity index (χ1) is 13.3. The third-order valence-corrected chi connectivity index (χ3v) is 5.17. The molecule has 158 valence electrons. The van der Waals surface area contributed by atoms with Gasteiger partial charge in [0.2, 0.25) is 5.95 Å². The monoisotopic (exact) mass is 441 g/mol. The van der Waals surface area contributed by atoms with Gasteiger partial charge in [-0.2, -0.15) is 4.98 Å². The van der Waals surface area contributed by atoms with E-state index in [2.05, 4.69) is 20.6 Å². The Morgan fingerprint density at radius 3 is 2.41 bits per heavy atom. The van der Waals surface area contributed by atoms with E-state index in [1.165, 1.54) is 18.2 Å². The van der Waals surface area contributed by atoms with Crippen LogP contribution in [-0.2, 0) is 0 Å². The average Bonchev–Trinajstić information content (AvgIpc) is 2.65. The molecule has 1 heterocycles. The normalized spacial score (nSPS) is 18.5. The molecule has 6 nitrogen and oxygen atoms in total. The fourth-order valence-electron chi connectivity index (χ4n) is 3.32. The van der Waals surface area contributed by atoms with Gasteiger partial charge in [0.25, 0.3) is 5.91 Å². The van der Waals surface area contributed by atoms with Crippen LogP contribution < -0.4 is 15.5 Å². The minimum Gasteiger partial charge on any atom is -0.363 e. The summed E-state index contributed by atoms with van der Waals surface area (Å²) in [5.41, 5.74) is 1.29. The third kappa shape index (κ3) is 6.18. The van der Waals surface area contributed by atoms with E-state index in [9.17, 15) is 9.18 Å². The molecular formula is C20H26Cl2FN5O. The summed E-state index contributed by atoms with van der Waals surface area (Å²) in [5, 5.41) is 6.38. The molecule has 0 unspecified atom stereocenters. The second-order valence-electron chi connectivity index (χ2n) is 7.38. The van der Waals surface area contributed by atoms with Crippen LogP contribution in [0.15, 0.2) is 24.3 Å². The van der Waals surface area contributed by atoms with Gasteiger partial charge in [0.15, 0.2) is 0 Å². The quantitative estimate of drug-likeness (QED) is 0.726. The van der Waals surface area contributed by atoms with E-state index in [1.807, 2.05) is 32.0 Å². The van der Waals surface area contributed by atoms with Crippen LogP contribution in [-0.4, -0.2) is 42.1 Å². The van der Waals surface area contributed by atoms with E-state index in [4.69, 9.17) is 11.6 Å². The number of hydrogen-bond donors (Lipinski definition) is 2. The highest BCUT2D eigenvalue weighted by Crippen LogP contribution is 2.23. The van der Waals surface area contributed by atoms with Crippen LogP contribution >= 0.6 is 24.0 Å². The van der Waals surface area contributed by atoms with Gasteiger partial charge in [-0.15, -0.1) is 12.4 Å². The molecule has 0 radical (unpaired) electrons. The van der Waals surface area contributed by atoms with Gasteiger partial charge >= 0.3 is 0 Å². The molecule has 9 heteroatoms. The summed E-state index contributed by atoms with van der Waals surface area (Å²) in [6.45, 7) is 1.95. The molecule has 0 bridgehead atoms. The zero-order valence-electron chi connectivity index (χ0n) is 16.7. The lowest BCUT2D eigenvalue weighted by Gasteiger charge is -2.30. The fourth-order valence-corrected chi connectivity index (χ4v) is 3.50. The van der Waals surface area contributed by atoms with Crippen molar-refractivity contribution in [2.75, 3.05) is 24.3 Å². The summed E-state index contributed by atoms with van der Waals surface area (Å²) in [5.74, 6) is 0.752. The summed E-state index contributed by atoms with van der Waals surface area (Å²) < 4.78 is 13.3. The predicted molar refractivity (Wildman–Crippen MR) is 117 cm³/mol. The van der Waals surface area contributed by atoms with Crippen LogP contribution in [0.25, 0.3) is 0 Å². The van der Waals surface area contributed by atoms with Crippen LogP contribution in [0.5, 0.6) is 0 Å². The van der Waals surface area contributed by atoms with Crippen molar-refractivity contribution in [2.45, 2.75) is 44.7 Å². The zero-order chi connectivity index (χ0) is 20.3. The molecular weight excluding hydrogens is 416 g/mol. The Hall–Kier alpha value is -2.12. The number of carbonyl (C=O) groups excluding carboxylic acids is 1. The van der Waals surface area contributed by atoms with E-state index < -0.39 is 5.82 Å². The van der Waals surface area contributed by atoms with Crippen LogP contribution in [0.1, 0.15) is 41.7 Å². The van der Waals surface area contributed by atoms with Crippen molar-refractivity contribution in [1.82, 2.24) is 15.3 Å². The summed E-state index contributed by atoms with van der Waals surface area (Å²) >= 11 is 5.76. The molecule has 2 N–H and O–H groups in total. The molecule has 29 heavy (non-hydrogen) atoms. The molecule has 1 aromatic carbocycles. The predicted octanol–water partition coefficient (Wildman–Crippen LogP) is 4.22. The van der Waals surface area contributed by atoms with Gasteiger partial charge in [0.1, 0.15) is 11.6 Å². The number of aryl methyl sites for hydroxylation is 1. The molecule has 1 aliphatic carbocycles. The molecule has 0 aliphatic heterocycles. The van der Waals surface area contributed by atoms with Crippen molar-refractivity contribution in [3.8, 4) is 0 Å². The lowest BCUT2D eigenvalue weighted by Crippen LogP contribution is -2.40. The van der Waals surface area contributed by atoms with Crippen LogP contribution in [0.3, 0.4) is 0 Å². The number of benzene rings is 1.